The second kappa shape index (κ2) is 4.55. The molecule has 0 saturated heterocycles. The Morgan fingerprint density at radius 1 is 0.929 bits per heavy atom. The minimum absolute atomic E-state index is 0.403. The molecular formula is C9H13N5. The molecule has 0 amide bonds. The second-order valence-electron chi connectivity index (χ2n) is 3.20. The van der Waals surface area contributed by atoms with Crippen molar-refractivity contribution in [3.63, 3.8) is 0 Å². The van der Waals surface area contributed by atoms with E-state index in [1.165, 1.54) is 6.33 Å². The van der Waals surface area contributed by atoms with E-state index in [2.05, 4.69) is 24.9 Å². The standard InChI is InChI=1S/C9H13N5/c1-6(2)12-8-10-5-11-9(14-8)13-7(3)4/h5H,1-4H3. The zero-order valence-electron chi connectivity index (χ0n) is 8.81. The first-order valence-electron chi connectivity index (χ1n) is 4.31. The number of aliphatic imine (C=N–C) groups is 2. The minimum Gasteiger partial charge on any atom is -0.221 e. The topological polar surface area (TPSA) is 63.4 Å². The Morgan fingerprint density at radius 2 is 1.36 bits per heavy atom. The van der Waals surface area contributed by atoms with Crippen LogP contribution in [0.2, 0.25) is 0 Å². The van der Waals surface area contributed by atoms with E-state index in [-0.39, 0.29) is 0 Å². The zero-order valence-corrected chi connectivity index (χ0v) is 8.81. The lowest BCUT2D eigenvalue weighted by Crippen LogP contribution is -1.89. The number of aromatic nitrogens is 3. The predicted octanol–water partition coefficient (Wildman–Crippen LogP) is 2.10. The Hall–Kier alpha value is -1.65. The Morgan fingerprint density at radius 3 is 1.71 bits per heavy atom. The summed E-state index contributed by atoms with van der Waals surface area (Å²) in [5.41, 5.74) is 1.80. The first-order valence-corrected chi connectivity index (χ1v) is 4.31. The lowest BCUT2D eigenvalue weighted by molar-refractivity contribution is 1.02. The van der Waals surface area contributed by atoms with Crippen LogP contribution >= 0.6 is 0 Å². The van der Waals surface area contributed by atoms with Crippen molar-refractivity contribution in [3.8, 4) is 0 Å². The van der Waals surface area contributed by atoms with Gasteiger partial charge in [-0.3, -0.25) is 0 Å². The van der Waals surface area contributed by atoms with Crippen LogP contribution in [-0.2, 0) is 0 Å². The average molecular weight is 191 g/mol. The fourth-order valence-electron chi connectivity index (χ4n) is 0.787. The lowest BCUT2D eigenvalue weighted by atomic mass is 10.5. The molecule has 0 radical (unpaired) electrons. The van der Waals surface area contributed by atoms with E-state index in [0.717, 1.165) is 11.4 Å². The fraction of sp³-hybridized carbons (Fsp3) is 0.444. The summed E-state index contributed by atoms with van der Waals surface area (Å²) in [5, 5.41) is 0. The van der Waals surface area contributed by atoms with Gasteiger partial charge in [0.05, 0.1) is 0 Å². The van der Waals surface area contributed by atoms with E-state index in [9.17, 15) is 0 Å². The highest BCUT2D eigenvalue weighted by molar-refractivity contribution is 5.82. The number of hydrogen-bond donors (Lipinski definition) is 0. The number of nitrogens with zero attached hydrogens (tertiary/aromatic N) is 5. The third-order valence-corrected chi connectivity index (χ3v) is 1.19. The Kier molecular flexibility index (Phi) is 3.39. The summed E-state index contributed by atoms with van der Waals surface area (Å²) in [7, 11) is 0. The predicted molar refractivity (Wildman–Crippen MR) is 56.7 cm³/mol. The van der Waals surface area contributed by atoms with E-state index < -0.39 is 0 Å². The Labute approximate surface area is 83.1 Å². The van der Waals surface area contributed by atoms with Crippen molar-refractivity contribution in [3.05, 3.63) is 6.33 Å². The highest BCUT2D eigenvalue weighted by atomic mass is 15.2. The normalized spacial score (nSPS) is 9.43. The lowest BCUT2D eigenvalue weighted by Gasteiger charge is -1.95. The summed E-state index contributed by atoms with van der Waals surface area (Å²) in [6.07, 6.45) is 1.41. The van der Waals surface area contributed by atoms with Crippen LogP contribution in [0.1, 0.15) is 27.7 Å². The van der Waals surface area contributed by atoms with Gasteiger partial charge in [-0.2, -0.15) is 15.0 Å². The van der Waals surface area contributed by atoms with Gasteiger partial charge in [0.15, 0.2) is 0 Å². The van der Waals surface area contributed by atoms with Crippen molar-refractivity contribution < 1.29 is 0 Å². The largest absolute Gasteiger partial charge is 0.254 e. The van der Waals surface area contributed by atoms with E-state index in [0.29, 0.717) is 11.9 Å². The molecule has 0 atom stereocenters. The molecule has 0 aromatic carbocycles. The molecule has 1 rings (SSSR count). The van der Waals surface area contributed by atoms with Crippen molar-refractivity contribution in [2.75, 3.05) is 0 Å². The maximum absolute atomic E-state index is 4.11. The number of rotatable bonds is 2. The fourth-order valence-corrected chi connectivity index (χ4v) is 0.787. The maximum Gasteiger partial charge on any atom is 0.254 e. The summed E-state index contributed by atoms with van der Waals surface area (Å²) in [6, 6.07) is 0. The molecule has 0 spiro atoms. The quantitative estimate of drug-likeness (QED) is 0.672. The van der Waals surface area contributed by atoms with Gasteiger partial charge in [-0.05, 0) is 27.7 Å². The molecule has 14 heavy (non-hydrogen) atoms. The smallest absolute Gasteiger partial charge is 0.221 e. The Balaban J connectivity index is 3.01. The summed E-state index contributed by atoms with van der Waals surface area (Å²) in [6.45, 7) is 7.55. The van der Waals surface area contributed by atoms with Crippen LogP contribution in [0.25, 0.3) is 0 Å². The minimum atomic E-state index is 0.403. The molecule has 5 nitrogen and oxygen atoms in total. The van der Waals surface area contributed by atoms with Crippen LogP contribution in [0, 0.1) is 0 Å². The van der Waals surface area contributed by atoms with E-state index >= 15 is 0 Å². The van der Waals surface area contributed by atoms with Crippen LogP contribution in [-0.4, -0.2) is 26.4 Å². The molecule has 0 aliphatic heterocycles. The molecule has 0 saturated carbocycles. The van der Waals surface area contributed by atoms with Gasteiger partial charge >= 0.3 is 0 Å². The van der Waals surface area contributed by atoms with Gasteiger partial charge < -0.3 is 0 Å². The van der Waals surface area contributed by atoms with Gasteiger partial charge in [0.25, 0.3) is 11.9 Å². The number of hydrogen-bond acceptors (Lipinski definition) is 5. The molecule has 1 aromatic rings. The first-order chi connectivity index (χ1) is 6.58. The van der Waals surface area contributed by atoms with Crippen LogP contribution in [0.5, 0.6) is 0 Å². The van der Waals surface area contributed by atoms with Crippen LogP contribution < -0.4 is 0 Å². The van der Waals surface area contributed by atoms with Crippen LogP contribution in [0.3, 0.4) is 0 Å². The van der Waals surface area contributed by atoms with E-state index in [4.69, 9.17) is 0 Å². The molecule has 0 aliphatic carbocycles. The van der Waals surface area contributed by atoms with Gasteiger partial charge in [0, 0.05) is 11.4 Å². The summed E-state index contributed by atoms with van der Waals surface area (Å²) < 4.78 is 0. The third kappa shape index (κ3) is 3.38. The van der Waals surface area contributed by atoms with E-state index in [1.807, 2.05) is 27.7 Å². The molecule has 0 N–H and O–H groups in total. The van der Waals surface area contributed by atoms with Crippen LogP contribution in [0.15, 0.2) is 16.3 Å². The highest BCUT2D eigenvalue weighted by Crippen LogP contribution is 2.08. The zero-order chi connectivity index (χ0) is 10.6. The molecule has 0 unspecified atom stereocenters. The monoisotopic (exact) mass is 191 g/mol. The van der Waals surface area contributed by atoms with Gasteiger partial charge in [-0.25, -0.2) is 9.98 Å². The molecule has 74 valence electrons. The van der Waals surface area contributed by atoms with Gasteiger partial charge in [0.1, 0.15) is 6.33 Å². The highest BCUT2D eigenvalue weighted by Gasteiger charge is 1.96. The molecule has 0 bridgehead atoms. The molecule has 5 heteroatoms. The first kappa shape index (κ1) is 10.4. The van der Waals surface area contributed by atoms with Gasteiger partial charge in [0.2, 0.25) is 0 Å². The van der Waals surface area contributed by atoms with Crippen molar-refractivity contribution in [2.24, 2.45) is 9.98 Å². The summed E-state index contributed by atoms with van der Waals surface area (Å²) in [4.78, 5) is 20.1. The molecule has 1 aromatic heterocycles. The van der Waals surface area contributed by atoms with Crippen molar-refractivity contribution in [1.82, 2.24) is 15.0 Å². The molecular weight excluding hydrogens is 178 g/mol. The molecule has 0 fully saturated rings. The molecule has 0 aliphatic rings. The Bertz CT molecular complexity index is 339. The van der Waals surface area contributed by atoms with Gasteiger partial charge in [-0.1, -0.05) is 0 Å². The van der Waals surface area contributed by atoms with Crippen molar-refractivity contribution in [2.45, 2.75) is 27.7 Å². The average Bonchev–Trinajstić information content (AvgIpc) is 2.01. The summed E-state index contributed by atoms with van der Waals surface area (Å²) in [5.74, 6) is 0.806. The second-order valence-corrected chi connectivity index (χ2v) is 3.20. The maximum atomic E-state index is 4.11. The van der Waals surface area contributed by atoms with Gasteiger partial charge in [-0.15, -0.1) is 0 Å². The van der Waals surface area contributed by atoms with Crippen molar-refractivity contribution >= 4 is 23.3 Å². The SMILES string of the molecule is CC(C)=Nc1ncnc(N=C(C)C)n1. The molecule has 1 heterocycles. The summed E-state index contributed by atoms with van der Waals surface area (Å²) >= 11 is 0. The third-order valence-electron chi connectivity index (χ3n) is 1.19. The van der Waals surface area contributed by atoms with Crippen molar-refractivity contribution in [1.29, 1.82) is 0 Å². The van der Waals surface area contributed by atoms with Crippen LogP contribution in [0.4, 0.5) is 11.9 Å². The van der Waals surface area contributed by atoms with E-state index in [1.54, 1.807) is 0 Å².